The van der Waals surface area contributed by atoms with E-state index in [1.807, 2.05) is 38.1 Å². The average molecular weight is 253 g/mol. The van der Waals surface area contributed by atoms with Crippen molar-refractivity contribution in [1.29, 1.82) is 0 Å². The van der Waals surface area contributed by atoms with Crippen LogP contribution in [-0.4, -0.2) is 42.1 Å². The molecule has 0 radical (unpaired) electrons. The fraction of sp³-hybridized carbons (Fsp3) is 0.571. The summed E-state index contributed by atoms with van der Waals surface area (Å²) >= 11 is 0. The van der Waals surface area contributed by atoms with Crippen molar-refractivity contribution in [2.24, 2.45) is 0 Å². The first-order valence-corrected chi connectivity index (χ1v) is 6.37. The second-order valence-corrected chi connectivity index (χ2v) is 4.47. The summed E-state index contributed by atoms with van der Waals surface area (Å²) in [5, 5.41) is 21.8. The van der Waals surface area contributed by atoms with Gasteiger partial charge in [-0.05, 0) is 25.5 Å². The Labute approximate surface area is 109 Å². The smallest absolute Gasteiger partial charge is 0.119 e. The zero-order valence-electron chi connectivity index (χ0n) is 11.1. The molecule has 0 heterocycles. The maximum atomic E-state index is 9.74. The largest absolute Gasteiger partial charge is 0.491 e. The Hall–Kier alpha value is -1.10. The van der Waals surface area contributed by atoms with Crippen LogP contribution in [0.4, 0.5) is 0 Å². The van der Waals surface area contributed by atoms with Gasteiger partial charge in [-0.3, -0.25) is 0 Å². The third kappa shape index (κ3) is 5.49. The van der Waals surface area contributed by atoms with Gasteiger partial charge in [0, 0.05) is 12.6 Å². The summed E-state index contributed by atoms with van der Waals surface area (Å²) in [4.78, 5) is 0. The van der Waals surface area contributed by atoms with Crippen molar-refractivity contribution in [3.8, 4) is 5.75 Å². The van der Waals surface area contributed by atoms with Crippen LogP contribution in [0.25, 0.3) is 0 Å². The SMILES string of the molecule is CC[C@H](CO)NC[C@@H](O)COc1ccc(C)cc1. The van der Waals surface area contributed by atoms with Gasteiger partial charge in [0.05, 0.1) is 6.61 Å². The number of rotatable bonds is 8. The standard InChI is InChI=1S/C14H23NO3/c1-3-12(9-16)15-8-13(17)10-18-14-6-4-11(2)5-7-14/h4-7,12-13,15-17H,3,8-10H2,1-2H3/t12-,13-/m1/s1. The van der Waals surface area contributed by atoms with Gasteiger partial charge in [-0.25, -0.2) is 0 Å². The lowest BCUT2D eigenvalue weighted by molar-refractivity contribution is 0.0995. The summed E-state index contributed by atoms with van der Waals surface area (Å²) in [5.74, 6) is 0.758. The first kappa shape index (κ1) is 15.0. The fourth-order valence-electron chi connectivity index (χ4n) is 1.53. The topological polar surface area (TPSA) is 61.7 Å². The molecule has 0 fully saturated rings. The van der Waals surface area contributed by atoms with Crippen molar-refractivity contribution >= 4 is 0 Å². The molecule has 1 aromatic carbocycles. The molecule has 0 aliphatic carbocycles. The van der Waals surface area contributed by atoms with E-state index >= 15 is 0 Å². The van der Waals surface area contributed by atoms with Gasteiger partial charge in [-0.1, -0.05) is 24.6 Å². The van der Waals surface area contributed by atoms with Gasteiger partial charge in [0.2, 0.25) is 0 Å². The Morgan fingerprint density at radius 1 is 1.28 bits per heavy atom. The lowest BCUT2D eigenvalue weighted by Gasteiger charge is -2.17. The maximum absolute atomic E-state index is 9.74. The molecule has 18 heavy (non-hydrogen) atoms. The highest BCUT2D eigenvalue weighted by molar-refractivity contribution is 5.26. The van der Waals surface area contributed by atoms with Gasteiger partial charge < -0.3 is 20.3 Å². The van der Waals surface area contributed by atoms with Crippen molar-refractivity contribution in [1.82, 2.24) is 5.32 Å². The molecule has 2 atom stereocenters. The van der Waals surface area contributed by atoms with E-state index in [2.05, 4.69) is 5.32 Å². The molecule has 4 heteroatoms. The van der Waals surface area contributed by atoms with Crippen LogP contribution in [0, 0.1) is 6.92 Å². The zero-order chi connectivity index (χ0) is 13.4. The van der Waals surface area contributed by atoms with Crippen LogP contribution in [0.1, 0.15) is 18.9 Å². The van der Waals surface area contributed by atoms with E-state index < -0.39 is 6.10 Å². The van der Waals surface area contributed by atoms with Gasteiger partial charge in [0.25, 0.3) is 0 Å². The summed E-state index contributed by atoms with van der Waals surface area (Å²) in [6.45, 7) is 4.76. The Morgan fingerprint density at radius 2 is 1.94 bits per heavy atom. The van der Waals surface area contributed by atoms with Crippen molar-refractivity contribution in [2.75, 3.05) is 19.8 Å². The van der Waals surface area contributed by atoms with Crippen LogP contribution < -0.4 is 10.1 Å². The highest BCUT2D eigenvalue weighted by atomic mass is 16.5. The molecule has 0 saturated carbocycles. The number of aliphatic hydroxyl groups excluding tert-OH is 2. The normalized spacial score (nSPS) is 14.2. The minimum Gasteiger partial charge on any atom is -0.491 e. The van der Waals surface area contributed by atoms with Crippen molar-refractivity contribution in [3.05, 3.63) is 29.8 Å². The second kappa shape index (κ2) is 8.08. The van der Waals surface area contributed by atoms with Crippen LogP contribution in [0.5, 0.6) is 5.75 Å². The first-order chi connectivity index (χ1) is 8.65. The van der Waals surface area contributed by atoms with E-state index in [4.69, 9.17) is 9.84 Å². The predicted octanol–water partition coefficient (Wildman–Crippen LogP) is 1.10. The molecule has 102 valence electrons. The summed E-state index contributed by atoms with van der Waals surface area (Å²) < 4.78 is 5.47. The molecule has 0 saturated heterocycles. The van der Waals surface area contributed by atoms with Gasteiger partial charge in [-0.15, -0.1) is 0 Å². The van der Waals surface area contributed by atoms with E-state index in [0.29, 0.717) is 6.54 Å². The molecule has 1 aromatic rings. The van der Waals surface area contributed by atoms with Gasteiger partial charge in [0.15, 0.2) is 0 Å². The molecule has 0 unspecified atom stereocenters. The van der Waals surface area contributed by atoms with Crippen molar-refractivity contribution < 1.29 is 14.9 Å². The van der Waals surface area contributed by atoms with E-state index in [1.54, 1.807) is 0 Å². The number of nitrogens with one attached hydrogen (secondary N) is 1. The molecule has 4 nitrogen and oxygen atoms in total. The molecular weight excluding hydrogens is 230 g/mol. The minimum absolute atomic E-state index is 0.0408. The Kier molecular flexibility index (Phi) is 6.72. The lowest BCUT2D eigenvalue weighted by atomic mass is 10.2. The molecule has 0 aromatic heterocycles. The number of benzene rings is 1. The monoisotopic (exact) mass is 253 g/mol. The summed E-state index contributed by atoms with van der Waals surface area (Å²) in [6.07, 6.45) is 0.258. The molecule has 0 aliphatic rings. The summed E-state index contributed by atoms with van der Waals surface area (Å²) in [6, 6.07) is 7.76. The number of aliphatic hydroxyl groups is 2. The number of hydrogen-bond acceptors (Lipinski definition) is 4. The average Bonchev–Trinajstić information content (AvgIpc) is 2.39. The predicted molar refractivity (Wildman–Crippen MR) is 71.8 cm³/mol. The van der Waals surface area contributed by atoms with Crippen molar-refractivity contribution in [3.63, 3.8) is 0 Å². The number of ether oxygens (including phenoxy) is 1. The highest BCUT2D eigenvalue weighted by Crippen LogP contribution is 2.11. The fourth-order valence-corrected chi connectivity index (χ4v) is 1.53. The van der Waals surface area contributed by atoms with Gasteiger partial charge >= 0.3 is 0 Å². The van der Waals surface area contributed by atoms with Crippen LogP contribution >= 0.6 is 0 Å². The van der Waals surface area contributed by atoms with E-state index in [1.165, 1.54) is 5.56 Å². The quantitative estimate of drug-likeness (QED) is 0.649. The van der Waals surface area contributed by atoms with Gasteiger partial charge in [-0.2, -0.15) is 0 Å². The van der Waals surface area contributed by atoms with Crippen LogP contribution in [0.15, 0.2) is 24.3 Å². The third-order valence-electron chi connectivity index (χ3n) is 2.82. The molecule has 1 rings (SSSR count). The van der Waals surface area contributed by atoms with E-state index in [0.717, 1.165) is 12.2 Å². The van der Waals surface area contributed by atoms with Crippen LogP contribution in [0.2, 0.25) is 0 Å². The van der Waals surface area contributed by atoms with Crippen molar-refractivity contribution in [2.45, 2.75) is 32.4 Å². The molecule has 0 bridgehead atoms. The Morgan fingerprint density at radius 3 is 2.50 bits per heavy atom. The third-order valence-corrected chi connectivity index (χ3v) is 2.82. The zero-order valence-corrected chi connectivity index (χ0v) is 11.1. The molecule has 0 amide bonds. The van der Waals surface area contributed by atoms with E-state index in [-0.39, 0.29) is 19.3 Å². The van der Waals surface area contributed by atoms with Gasteiger partial charge in [0.1, 0.15) is 18.5 Å². The minimum atomic E-state index is -0.577. The summed E-state index contributed by atoms with van der Waals surface area (Å²) in [5.41, 5.74) is 1.18. The van der Waals surface area contributed by atoms with E-state index in [9.17, 15) is 5.11 Å². The summed E-state index contributed by atoms with van der Waals surface area (Å²) in [7, 11) is 0. The lowest BCUT2D eigenvalue weighted by Crippen LogP contribution is -2.39. The Balaban J connectivity index is 2.24. The first-order valence-electron chi connectivity index (χ1n) is 6.37. The molecule has 0 aliphatic heterocycles. The molecule has 0 spiro atoms. The second-order valence-electron chi connectivity index (χ2n) is 4.47. The highest BCUT2D eigenvalue weighted by Gasteiger charge is 2.09. The Bertz CT molecular complexity index is 322. The maximum Gasteiger partial charge on any atom is 0.119 e. The van der Waals surface area contributed by atoms with Crippen LogP contribution in [-0.2, 0) is 0 Å². The molecular formula is C14H23NO3. The number of hydrogen-bond donors (Lipinski definition) is 3. The van der Waals surface area contributed by atoms with Crippen LogP contribution in [0.3, 0.4) is 0 Å². The number of aryl methyl sites for hydroxylation is 1. The molecule has 3 N–H and O–H groups in total.